The van der Waals surface area contributed by atoms with Crippen LogP contribution in [0.5, 0.6) is 0 Å². The molecule has 1 atom stereocenters. The number of carbonyl (C=O) groups excluding carboxylic acids is 1. The first-order valence-corrected chi connectivity index (χ1v) is 7.75. The van der Waals surface area contributed by atoms with Gasteiger partial charge in [0, 0.05) is 26.2 Å². The van der Waals surface area contributed by atoms with Crippen molar-refractivity contribution in [1.82, 2.24) is 9.80 Å². The first kappa shape index (κ1) is 15.1. The van der Waals surface area contributed by atoms with E-state index >= 15 is 0 Å². The quantitative estimate of drug-likeness (QED) is 0.845. The Kier molecular flexibility index (Phi) is 4.89. The topological polar surface area (TPSA) is 60.9 Å². The predicted octanol–water partition coefficient (Wildman–Crippen LogP) is 2.27. The molecule has 0 spiro atoms. The van der Waals surface area contributed by atoms with Crippen LogP contribution in [0.15, 0.2) is 0 Å². The summed E-state index contributed by atoms with van der Waals surface area (Å²) >= 11 is 0. The summed E-state index contributed by atoms with van der Waals surface area (Å²) in [4.78, 5) is 27.2. The summed E-state index contributed by atoms with van der Waals surface area (Å²) in [6.07, 6.45) is 3.62. The zero-order valence-corrected chi connectivity index (χ0v) is 12.5. The largest absolute Gasteiger partial charge is 0.481 e. The molecule has 2 amide bonds. The normalized spacial score (nSPS) is 25.1. The molecule has 5 heteroatoms. The van der Waals surface area contributed by atoms with Gasteiger partial charge in [-0.3, -0.25) is 4.79 Å². The third-order valence-electron chi connectivity index (χ3n) is 4.79. The van der Waals surface area contributed by atoms with Crippen molar-refractivity contribution >= 4 is 12.0 Å². The summed E-state index contributed by atoms with van der Waals surface area (Å²) < 4.78 is 0. The van der Waals surface area contributed by atoms with Crippen molar-refractivity contribution in [3.05, 3.63) is 0 Å². The fourth-order valence-corrected chi connectivity index (χ4v) is 3.31. The Bertz CT molecular complexity index is 362. The van der Waals surface area contributed by atoms with Crippen LogP contribution in [-0.4, -0.2) is 53.1 Å². The molecule has 2 heterocycles. The fourth-order valence-electron chi connectivity index (χ4n) is 3.31. The van der Waals surface area contributed by atoms with Crippen molar-refractivity contribution in [3.63, 3.8) is 0 Å². The molecule has 1 N–H and O–H groups in total. The number of nitrogens with zero attached hydrogens (tertiary/aromatic N) is 2. The van der Waals surface area contributed by atoms with E-state index in [0.717, 1.165) is 32.4 Å². The van der Waals surface area contributed by atoms with E-state index in [0.29, 0.717) is 31.3 Å². The third kappa shape index (κ3) is 3.44. The highest BCUT2D eigenvalue weighted by atomic mass is 16.4. The minimum Gasteiger partial charge on any atom is -0.481 e. The van der Waals surface area contributed by atoms with Gasteiger partial charge in [0.2, 0.25) is 0 Å². The summed E-state index contributed by atoms with van der Waals surface area (Å²) in [6.45, 7) is 7.19. The van der Waals surface area contributed by atoms with Crippen LogP contribution in [0.2, 0.25) is 0 Å². The van der Waals surface area contributed by atoms with Gasteiger partial charge in [-0.2, -0.15) is 0 Å². The highest BCUT2D eigenvalue weighted by Crippen LogP contribution is 2.26. The monoisotopic (exact) mass is 282 g/mol. The van der Waals surface area contributed by atoms with E-state index in [9.17, 15) is 9.59 Å². The summed E-state index contributed by atoms with van der Waals surface area (Å²) in [5, 5.41) is 9.09. The van der Waals surface area contributed by atoms with Crippen LogP contribution in [0.4, 0.5) is 4.79 Å². The van der Waals surface area contributed by atoms with E-state index in [1.807, 2.05) is 4.90 Å². The number of piperidine rings is 2. The highest BCUT2D eigenvalue weighted by Gasteiger charge is 2.32. The van der Waals surface area contributed by atoms with Crippen molar-refractivity contribution in [1.29, 1.82) is 0 Å². The van der Waals surface area contributed by atoms with Crippen LogP contribution in [0, 0.1) is 17.8 Å². The van der Waals surface area contributed by atoms with Crippen LogP contribution >= 0.6 is 0 Å². The van der Waals surface area contributed by atoms with Gasteiger partial charge in [0.05, 0.1) is 5.92 Å². The smallest absolute Gasteiger partial charge is 0.320 e. The van der Waals surface area contributed by atoms with Crippen molar-refractivity contribution in [2.45, 2.75) is 39.5 Å². The van der Waals surface area contributed by atoms with E-state index in [1.165, 1.54) is 0 Å². The summed E-state index contributed by atoms with van der Waals surface area (Å²) in [7, 11) is 0. The Morgan fingerprint density at radius 2 is 1.70 bits per heavy atom. The number of aliphatic carboxylic acids is 1. The molecule has 0 radical (unpaired) electrons. The lowest BCUT2D eigenvalue weighted by atomic mass is 9.87. The molecule has 0 bridgehead atoms. The van der Waals surface area contributed by atoms with E-state index in [-0.39, 0.29) is 11.9 Å². The first-order chi connectivity index (χ1) is 9.49. The van der Waals surface area contributed by atoms with Crippen LogP contribution in [0.3, 0.4) is 0 Å². The number of urea groups is 1. The maximum absolute atomic E-state index is 12.5. The Morgan fingerprint density at radius 3 is 2.25 bits per heavy atom. The Hall–Kier alpha value is -1.26. The number of likely N-dealkylation sites (tertiary alicyclic amines) is 2. The minimum atomic E-state index is -0.777. The summed E-state index contributed by atoms with van der Waals surface area (Å²) in [5.41, 5.74) is 0. The highest BCUT2D eigenvalue weighted by molar-refractivity contribution is 5.76. The van der Waals surface area contributed by atoms with Gasteiger partial charge < -0.3 is 14.9 Å². The Balaban J connectivity index is 1.87. The molecule has 2 rings (SSSR count). The molecule has 5 nitrogen and oxygen atoms in total. The maximum atomic E-state index is 12.5. The number of rotatable bonds is 2. The van der Waals surface area contributed by atoms with Gasteiger partial charge in [0.25, 0.3) is 0 Å². The number of carbonyl (C=O) groups is 2. The lowest BCUT2D eigenvalue weighted by Gasteiger charge is -2.39. The summed E-state index contributed by atoms with van der Waals surface area (Å²) in [6, 6.07) is 0.0400. The van der Waals surface area contributed by atoms with Crippen molar-refractivity contribution < 1.29 is 14.7 Å². The molecule has 0 aliphatic carbocycles. The number of hydrogen-bond donors (Lipinski definition) is 1. The average molecular weight is 282 g/mol. The molecule has 20 heavy (non-hydrogen) atoms. The Labute approximate surface area is 120 Å². The molecule has 1 unspecified atom stereocenters. The second-order valence-electron chi connectivity index (χ2n) is 6.47. The van der Waals surface area contributed by atoms with Gasteiger partial charge in [-0.25, -0.2) is 4.79 Å². The van der Waals surface area contributed by atoms with Gasteiger partial charge in [-0.15, -0.1) is 0 Å². The van der Waals surface area contributed by atoms with Gasteiger partial charge in [0.1, 0.15) is 0 Å². The van der Waals surface area contributed by atoms with E-state index in [4.69, 9.17) is 5.11 Å². The van der Waals surface area contributed by atoms with Crippen LogP contribution in [-0.2, 0) is 4.79 Å². The standard InChI is InChI=1S/C15H26N2O3/c1-11(2)12-5-8-16(9-6-12)15(20)17-7-3-4-13(10-17)14(18)19/h11-13H,3-10H2,1-2H3,(H,18,19). The maximum Gasteiger partial charge on any atom is 0.320 e. The van der Waals surface area contributed by atoms with Crippen molar-refractivity contribution in [2.24, 2.45) is 17.8 Å². The van der Waals surface area contributed by atoms with Crippen molar-refractivity contribution in [3.8, 4) is 0 Å². The molecule has 2 saturated heterocycles. The number of amides is 2. The molecule has 2 fully saturated rings. The zero-order chi connectivity index (χ0) is 14.7. The van der Waals surface area contributed by atoms with Crippen LogP contribution in [0.1, 0.15) is 39.5 Å². The van der Waals surface area contributed by atoms with Crippen LogP contribution < -0.4 is 0 Å². The van der Waals surface area contributed by atoms with Gasteiger partial charge in [0.15, 0.2) is 0 Å². The van der Waals surface area contributed by atoms with E-state index in [1.54, 1.807) is 4.90 Å². The number of carboxylic acids is 1. The molecule has 0 aromatic rings. The molecule has 2 aliphatic rings. The predicted molar refractivity (Wildman–Crippen MR) is 76.5 cm³/mol. The number of hydrogen-bond acceptors (Lipinski definition) is 2. The van der Waals surface area contributed by atoms with Gasteiger partial charge in [-0.1, -0.05) is 13.8 Å². The van der Waals surface area contributed by atoms with Crippen molar-refractivity contribution in [2.75, 3.05) is 26.2 Å². The molecule has 114 valence electrons. The van der Waals surface area contributed by atoms with E-state index in [2.05, 4.69) is 13.8 Å². The minimum absolute atomic E-state index is 0.0400. The van der Waals surface area contributed by atoms with Crippen LogP contribution in [0.25, 0.3) is 0 Å². The zero-order valence-electron chi connectivity index (χ0n) is 12.5. The van der Waals surface area contributed by atoms with Gasteiger partial charge >= 0.3 is 12.0 Å². The molecule has 0 aromatic heterocycles. The fraction of sp³-hybridized carbons (Fsp3) is 0.867. The molecule has 0 aromatic carbocycles. The lowest BCUT2D eigenvalue weighted by Crippen LogP contribution is -2.51. The number of carboxylic acid groups (broad SMARTS) is 1. The average Bonchev–Trinajstić information content (AvgIpc) is 2.46. The van der Waals surface area contributed by atoms with E-state index < -0.39 is 5.97 Å². The second-order valence-corrected chi connectivity index (χ2v) is 6.47. The van der Waals surface area contributed by atoms with Gasteiger partial charge in [-0.05, 0) is 37.5 Å². The molecule has 0 saturated carbocycles. The Morgan fingerprint density at radius 1 is 1.05 bits per heavy atom. The summed E-state index contributed by atoms with van der Waals surface area (Å²) in [5.74, 6) is 0.229. The third-order valence-corrected chi connectivity index (χ3v) is 4.79. The second kappa shape index (κ2) is 6.46. The molecular formula is C15H26N2O3. The SMILES string of the molecule is CC(C)C1CCN(C(=O)N2CCCC(C(=O)O)C2)CC1. The molecular weight excluding hydrogens is 256 g/mol. The molecule has 2 aliphatic heterocycles. The lowest BCUT2D eigenvalue weighted by molar-refractivity contribution is -0.143. The first-order valence-electron chi connectivity index (χ1n) is 7.75.